The largest absolute Gasteiger partial charge is 0.338 e. The van der Waals surface area contributed by atoms with Gasteiger partial charge in [0.1, 0.15) is 6.04 Å². The fraction of sp³-hybridized carbons (Fsp3) is 0.812. The first-order valence-electron chi connectivity index (χ1n) is 8.86. The maximum atomic E-state index is 12.9. The van der Waals surface area contributed by atoms with Gasteiger partial charge >= 0.3 is 0 Å². The smallest absolute Gasteiger partial charge is 0.247 e. The normalized spacial score (nSPS) is 15.8. The first-order chi connectivity index (χ1) is 11.3. The minimum Gasteiger partial charge on any atom is -0.338 e. The van der Waals surface area contributed by atoms with E-state index >= 15 is 0 Å². The van der Waals surface area contributed by atoms with Gasteiger partial charge in [-0.3, -0.25) is 4.79 Å². The molecule has 1 aromatic heterocycles. The number of nitrogens with zero attached hydrogens (tertiary/aromatic N) is 4. The molecule has 1 atom stereocenters. The van der Waals surface area contributed by atoms with Crippen LogP contribution in [0, 0.1) is 0 Å². The highest BCUT2D eigenvalue weighted by Gasteiger charge is 2.27. The van der Waals surface area contributed by atoms with Crippen molar-refractivity contribution in [3.05, 3.63) is 11.9 Å². The molecule has 1 saturated heterocycles. The Kier molecular flexibility index (Phi) is 9.90. The molecular formula is C16H31ClN6O. The van der Waals surface area contributed by atoms with Crippen molar-refractivity contribution in [2.45, 2.75) is 51.5 Å². The van der Waals surface area contributed by atoms with Crippen LogP contribution >= 0.6 is 12.4 Å². The molecule has 0 spiro atoms. The van der Waals surface area contributed by atoms with Crippen LogP contribution in [0.3, 0.4) is 0 Å². The zero-order chi connectivity index (χ0) is 16.5. The fourth-order valence-corrected chi connectivity index (χ4v) is 2.89. The van der Waals surface area contributed by atoms with E-state index in [-0.39, 0.29) is 24.4 Å². The van der Waals surface area contributed by atoms with E-state index in [1.807, 2.05) is 11.1 Å². The molecule has 0 saturated carbocycles. The number of hydrogen-bond donors (Lipinski definition) is 2. The highest BCUT2D eigenvalue weighted by Crippen LogP contribution is 2.18. The van der Waals surface area contributed by atoms with Gasteiger partial charge in [0.2, 0.25) is 5.91 Å². The first-order valence-corrected chi connectivity index (χ1v) is 8.86. The van der Waals surface area contributed by atoms with Crippen molar-refractivity contribution in [1.82, 2.24) is 25.2 Å². The van der Waals surface area contributed by atoms with E-state index in [4.69, 9.17) is 5.73 Å². The van der Waals surface area contributed by atoms with Crippen molar-refractivity contribution in [2.24, 2.45) is 5.73 Å². The number of aromatic nitrogens is 3. The van der Waals surface area contributed by atoms with Gasteiger partial charge in [0.05, 0.1) is 5.69 Å². The van der Waals surface area contributed by atoms with Gasteiger partial charge in [0, 0.05) is 32.4 Å². The Balaban J connectivity index is 0.00000288. The van der Waals surface area contributed by atoms with E-state index in [0.717, 1.165) is 70.4 Å². The Labute approximate surface area is 150 Å². The number of carbonyl (C=O) groups excluding carboxylic acids is 1. The maximum absolute atomic E-state index is 12.9. The summed E-state index contributed by atoms with van der Waals surface area (Å²) < 4.78 is 1.77. The summed E-state index contributed by atoms with van der Waals surface area (Å²) in [7, 11) is 0. The van der Waals surface area contributed by atoms with Crippen LogP contribution in [-0.2, 0) is 11.2 Å². The molecule has 0 radical (unpaired) electrons. The van der Waals surface area contributed by atoms with E-state index in [9.17, 15) is 4.79 Å². The highest BCUT2D eigenvalue weighted by atomic mass is 35.5. The van der Waals surface area contributed by atoms with Crippen LogP contribution in [-0.4, -0.2) is 58.5 Å². The van der Waals surface area contributed by atoms with E-state index < -0.39 is 0 Å². The zero-order valence-corrected chi connectivity index (χ0v) is 15.4. The number of piperazine rings is 1. The molecule has 8 heteroatoms. The van der Waals surface area contributed by atoms with Crippen LogP contribution < -0.4 is 11.1 Å². The SMILES string of the molecule is CCCCc1cn([C@@H](CCCCN)C(=O)N2CCNCC2)nn1.Cl. The molecule has 7 nitrogen and oxygen atoms in total. The Morgan fingerprint density at radius 2 is 2.08 bits per heavy atom. The monoisotopic (exact) mass is 358 g/mol. The van der Waals surface area contributed by atoms with Gasteiger partial charge in [-0.1, -0.05) is 18.6 Å². The molecule has 2 rings (SSSR count). The zero-order valence-electron chi connectivity index (χ0n) is 14.6. The van der Waals surface area contributed by atoms with E-state index in [2.05, 4.69) is 22.6 Å². The molecular weight excluding hydrogens is 328 g/mol. The van der Waals surface area contributed by atoms with Gasteiger partial charge < -0.3 is 16.0 Å². The summed E-state index contributed by atoms with van der Waals surface area (Å²) in [6.07, 6.45) is 7.74. The lowest BCUT2D eigenvalue weighted by Gasteiger charge is -2.30. The molecule has 0 bridgehead atoms. The average Bonchev–Trinajstić information content (AvgIpc) is 3.06. The van der Waals surface area contributed by atoms with Gasteiger partial charge in [-0.25, -0.2) is 4.68 Å². The molecule has 1 amide bonds. The topological polar surface area (TPSA) is 89.1 Å². The van der Waals surface area contributed by atoms with Crippen LogP contribution in [0.4, 0.5) is 0 Å². The standard InChI is InChI=1S/C16H30N6O.ClH/c1-2-3-6-14-13-22(20-19-14)15(7-4-5-8-17)16(23)21-11-9-18-10-12-21;/h13,15,18H,2-12,17H2,1H3;1H/t15-;/m0./s1. The number of aryl methyl sites for hydroxylation is 1. The predicted octanol–water partition coefficient (Wildman–Crippen LogP) is 1.14. The minimum absolute atomic E-state index is 0. The highest BCUT2D eigenvalue weighted by molar-refractivity contribution is 5.85. The van der Waals surface area contributed by atoms with Crippen molar-refractivity contribution < 1.29 is 4.79 Å². The molecule has 2 heterocycles. The summed E-state index contributed by atoms with van der Waals surface area (Å²) in [5, 5.41) is 11.8. The summed E-state index contributed by atoms with van der Waals surface area (Å²) in [5.74, 6) is 0.162. The van der Waals surface area contributed by atoms with Crippen LogP contribution in [0.25, 0.3) is 0 Å². The molecule has 3 N–H and O–H groups in total. The number of rotatable bonds is 9. The Morgan fingerprint density at radius 3 is 2.75 bits per heavy atom. The molecule has 24 heavy (non-hydrogen) atoms. The van der Waals surface area contributed by atoms with Crippen molar-refractivity contribution in [2.75, 3.05) is 32.7 Å². The molecule has 0 aromatic carbocycles. The lowest BCUT2D eigenvalue weighted by atomic mass is 10.1. The quantitative estimate of drug-likeness (QED) is 0.646. The van der Waals surface area contributed by atoms with E-state index in [1.165, 1.54) is 0 Å². The summed E-state index contributed by atoms with van der Waals surface area (Å²) >= 11 is 0. The van der Waals surface area contributed by atoms with Crippen molar-refractivity contribution in [3.63, 3.8) is 0 Å². The van der Waals surface area contributed by atoms with E-state index in [0.29, 0.717) is 6.54 Å². The second-order valence-corrected chi connectivity index (χ2v) is 6.17. The second kappa shape index (κ2) is 11.4. The Hall–Kier alpha value is -1.18. The number of carbonyl (C=O) groups is 1. The summed E-state index contributed by atoms with van der Waals surface area (Å²) in [6, 6.07) is -0.248. The van der Waals surface area contributed by atoms with E-state index in [1.54, 1.807) is 4.68 Å². The summed E-state index contributed by atoms with van der Waals surface area (Å²) in [4.78, 5) is 14.8. The lowest BCUT2D eigenvalue weighted by molar-refractivity contribution is -0.136. The third-order valence-corrected chi connectivity index (χ3v) is 4.31. The molecule has 1 fully saturated rings. The lowest BCUT2D eigenvalue weighted by Crippen LogP contribution is -2.48. The number of amides is 1. The number of nitrogens with one attached hydrogen (secondary N) is 1. The van der Waals surface area contributed by atoms with Gasteiger partial charge in [-0.05, 0) is 38.6 Å². The van der Waals surface area contributed by atoms with Crippen LogP contribution in [0.1, 0.15) is 50.8 Å². The molecule has 1 aliphatic rings. The van der Waals surface area contributed by atoms with Gasteiger partial charge in [-0.15, -0.1) is 17.5 Å². The third kappa shape index (κ3) is 6.03. The van der Waals surface area contributed by atoms with Crippen molar-refractivity contribution in [1.29, 1.82) is 0 Å². The second-order valence-electron chi connectivity index (χ2n) is 6.17. The fourth-order valence-electron chi connectivity index (χ4n) is 2.89. The van der Waals surface area contributed by atoms with Gasteiger partial charge in [0.15, 0.2) is 0 Å². The van der Waals surface area contributed by atoms with Crippen LogP contribution in [0.15, 0.2) is 6.20 Å². The van der Waals surface area contributed by atoms with Gasteiger partial charge in [-0.2, -0.15) is 0 Å². The summed E-state index contributed by atoms with van der Waals surface area (Å²) in [6.45, 7) is 6.08. The molecule has 1 aliphatic heterocycles. The number of halogens is 1. The minimum atomic E-state index is -0.248. The third-order valence-electron chi connectivity index (χ3n) is 4.31. The maximum Gasteiger partial charge on any atom is 0.247 e. The Bertz CT molecular complexity index is 475. The average molecular weight is 359 g/mol. The van der Waals surface area contributed by atoms with Crippen molar-refractivity contribution >= 4 is 18.3 Å². The molecule has 138 valence electrons. The summed E-state index contributed by atoms with van der Waals surface area (Å²) in [5.41, 5.74) is 6.57. The van der Waals surface area contributed by atoms with Crippen molar-refractivity contribution in [3.8, 4) is 0 Å². The molecule has 1 aromatic rings. The predicted molar refractivity (Wildman–Crippen MR) is 97.3 cm³/mol. The van der Waals surface area contributed by atoms with Crippen LogP contribution in [0.5, 0.6) is 0 Å². The first kappa shape index (κ1) is 20.9. The Morgan fingerprint density at radius 1 is 1.33 bits per heavy atom. The number of hydrogen-bond acceptors (Lipinski definition) is 5. The molecule has 0 aliphatic carbocycles. The molecule has 0 unspecified atom stereocenters. The number of unbranched alkanes of at least 4 members (excludes halogenated alkanes) is 2. The van der Waals surface area contributed by atoms with Gasteiger partial charge in [0.25, 0.3) is 0 Å². The van der Waals surface area contributed by atoms with Crippen LogP contribution in [0.2, 0.25) is 0 Å². The number of nitrogens with two attached hydrogens (primary N) is 1.